The van der Waals surface area contributed by atoms with Gasteiger partial charge in [0.2, 0.25) is 0 Å². The summed E-state index contributed by atoms with van der Waals surface area (Å²) in [5, 5.41) is 0. The molecule has 0 aromatic heterocycles. The van der Waals surface area contributed by atoms with E-state index in [1.54, 1.807) is 27.2 Å². The second-order valence-electron chi connectivity index (χ2n) is 14.1. The van der Waals surface area contributed by atoms with Crippen LogP contribution in [0, 0.1) is 33.5 Å². The SMILES string of the molecule is C=C(C)[C@@H]1CC[C@@]2(C)C3C(OC(C)=O)CCC(C)(C)[C@@]3(C)[C@H](OC)[C@H](OC)[C@@]2(C(C)=O)[C@@H]1OC(=O)/C=C/c1ccccc1. The second kappa shape index (κ2) is 12.0. The number of carbonyl (C=O) groups is 3. The van der Waals surface area contributed by atoms with Crippen LogP contribution >= 0.6 is 0 Å². The van der Waals surface area contributed by atoms with E-state index in [4.69, 9.17) is 18.9 Å². The minimum Gasteiger partial charge on any atom is -0.462 e. The largest absolute Gasteiger partial charge is 0.462 e. The molecular weight excluding hydrogens is 544 g/mol. The number of Topliss-reactive ketones (excluding diaryl/α,β-unsaturated/α-hetero) is 1. The van der Waals surface area contributed by atoms with Crippen molar-refractivity contribution >= 4 is 23.8 Å². The van der Waals surface area contributed by atoms with Crippen LogP contribution in [0.25, 0.3) is 6.08 Å². The van der Waals surface area contributed by atoms with E-state index in [1.807, 2.05) is 37.3 Å². The van der Waals surface area contributed by atoms with Crippen molar-refractivity contribution in [3.63, 3.8) is 0 Å². The van der Waals surface area contributed by atoms with Crippen LogP contribution in [0.2, 0.25) is 0 Å². The molecule has 0 amide bonds. The molecule has 43 heavy (non-hydrogen) atoms. The zero-order valence-corrected chi connectivity index (χ0v) is 27.4. The van der Waals surface area contributed by atoms with E-state index < -0.39 is 46.6 Å². The van der Waals surface area contributed by atoms with Gasteiger partial charge in [0.25, 0.3) is 0 Å². The fourth-order valence-corrected chi connectivity index (χ4v) is 9.68. The first-order chi connectivity index (χ1) is 20.1. The molecule has 236 valence electrons. The zero-order chi connectivity index (χ0) is 32.0. The zero-order valence-electron chi connectivity index (χ0n) is 27.4. The Bertz CT molecular complexity index is 1270. The maximum Gasteiger partial charge on any atom is 0.331 e. The van der Waals surface area contributed by atoms with Gasteiger partial charge in [0.1, 0.15) is 29.5 Å². The molecule has 0 N–H and O–H groups in total. The number of hydrogen-bond donors (Lipinski definition) is 0. The smallest absolute Gasteiger partial charge is 0.331 e. The van der Waals surface area contributed by atoms with Crippen molar-refractivity contribution in [3.05, 3.63) is 54.1 Å². The quantitative estimate of drug-likeness (QED) is 0.190. The minimum atomic E-state index is -1.31. The average molecular weight is 595 g/mol. The van der Waals surface area contributed by atoms with Gasteiger partial charge in [0, 0.05) is 44.5 Å². The molecule has 0 heterocycles. The molecule has 9 atom stereocenters. The highest BCUT2D eigenvalue weighted by Gasteiger charge is 2.80. The summed E-state index contributed by atoms with van der Waals surface area (Å²) >= 11 is 0. The summed E-state index contributed by atoms with van der Waals surface area (Å²) in [5.74, 6) is -1.58. The highest BCUT2D eigenvalue weighted by Crippen LogP contribution is 2.74. The van der Waals surface area contributed by atoms with Crippen LogP contribution in [0.5, 0.6) is 0 Å². The van der Waals surface area contributed by atoms with E-state index in [9.17, 15) is 14.4 Å². The maximum absolute atomic E-state index is 14.5. The van der Waals surface area contributed by atoms with Gasteiger partial charge in [-0.3, -0.25) is 9.59 Å². The average Bonchev–Trinajstić information content (AvgIpc) is 2.93. The third kappa shape index (κ3) is 5.01. The Morgan fingerprint density at radius 2 is 1.49 bits per heavy atom. The van der Waals surface area contributed by atoms with E-state index in [-0.39, 0.29) is 29.0 Å². The number of ketones is 1. The Morgan fingerprint density at radius 3 is 2.02 bits per heavy atom. The standard InChI is InChI=1S/C36H50O7/c1-22(2)26-18-21-34(7)29-27(42-24(4)38)19-20-33(5,6)35(29,8)31(40-9)32(41-10)36(34,23(3)37)30(26)43-28(39)17-16-25-14-12-11-13-15-25/h11-17,26-27,29-32H,1,18-21H2,2-10H3/b17-16+/t26-,27?,29?,30+,31+,32-,34-,35+,36+/m0/s1. The second-order valence-corrected chi connectivity index (χ2v) is 14.1. The van der Waals surface area contributed by atoms with Crippen molar-refractivity contribution in [1.29, 1.82) is 0 Å². The molecule has 7 heteroatoms. The van der Waals surface area contributed by atoms with Crippen LogP contribution in [0.4, 0.5) is 0 Å². The molecule has 3 aliphatic rings. The van der Waals surface area contributed by atoms with Gasteiger partial charge >= 0.3 is 11.9 Å². The lowest BCUT2D eigenvalue weighted by Gasteiger charge is -2.74. The van der Waals surface area contributed by atoms with E-state index in [0.29, 0.717) is 19.3 Å². The number of carbonyl (C=O) groups excluding carboxylic acids is 3. The number of esters is 2. The van der Waals surface area contributed by atoms with Crippen LogP contribution < -0.4 is 0 Å². The number of ether oxygens (including phenoxy) is 4. The summed E-state index contributed by atoms with van der Waals surface area (Å²) in [4.78, 5) is 40.6. The van der Waals surface area contributed by atoms with E-state index >= 15 is 0 Å². The number of benzene rings is 1. The van der Waals surface area contributed by atoms with Crippen molar-refractivity contribution < 1.29 is 33.3 Å². The number of fused-ring (bicyclic) bond motifs is 3. The third-order valence-corrected chi connectivity index (χ3v) is 11.8. The van der Waals surface area contributed by atoms with Crippen molar-refractivity contribution in [2.75, 3.05) is 14.2 Å². The highest BCUT2D eigenvalue weighted by molar-refractivity contribution is 5.89. The molecule has 3 saturated carbocycles. The molecule has 0 radical (unpaired) electrons. The highest BCUT2D eigenvalue weighted by atomic mass is 16.6. The maximum atomic E-state index is 14.5. The van der Waals surface area contributed by atoms with Gasteiger partial charge in [-0.15, -0.1) is 0 Å². The van der Waals surface area contributed by atoms with Crippen LogP contribution in [0.15, 0.2) is 48.6 Å². The predicted octanol–water partition coefficient (Wildman–Crippen LogP) is 6.60. The topological polar surface area (TPSA) is 88.1 Å². The molecule has 3 aliphatic carbocycles. The molecule has 4 rings (SSSR count). The number of rotatable bonds is 8. The minimum absolute atomic E-state index is 0.133. The Hall–Kier alpha value is -2.77. The summed E-state index contributed by atoms with van der Waals surface area (Å²) < 4.78 is 25.3. The summed E-state index contributed by atoms with van der Waals surface area (Å²) in [6.45, 7) is 18.0. The lowest BCUT2D eigenvalue weighted by atomic mass is 9.32. The van der Waals surface area contributed by atoms with Crippen LogP contribution in [-0.2, 0) is 33.3 Å². The van der Waals surface area contributed by atoms with Gasteiger partial charge in [-0.1, -0.05) is 70.2 Å². The van der Waals surface area contributed by atoms with Crippen molar-refractivity contribution in [2.24, 2.45) is 33.5 Å². The van der Waals surface area contributed by atoms with Crippen LogP contribution in [0.1, 0.15) is 79.7 Å². The lowest BCUT2D eigenvalue weighted by Crippen LogP contribution is -2.81. The Morgan fingerprint density at radius 1 is 0.860 bits per heavy atom. The van der Waals surface area contributed by atoms with Crippen molar-refractivity contribution in [1.82, 2.24) is 0 Å². The fourth-order valence-electron chi connectivity index (χ4n) is 9.68. The predicted molar refractivity (Wildman–Crippen MR) is 166 cm³/mol. The molecule has 1 aromatic rings. The molecule has 7 nitrogen and oxygen atoms in total. The van der Waals surface area contributed by atoms with E-state index in [2.05, 4.69) is 34.3 Å². The molecule has 1 aromatic carbocycles. The molecule has 3 fully saturated rings. The number of methoxy groups -OCH3 is 2. The molecular formula is C36H50O7. The summed E-state index contributed by atoms with van der Waals surface area (Å²) in [7, 11) is 3.27. The van der Waals surface area contributed by atoms with Gasteiger partial charge in [-0.25, -0.2) is 4.79 Å². The summed E-state index contributed by atoms with van der Waals surface area (Å²) in [6.07, 6.45) is 3.30. The van der Waals surface area contributed by atoms with Crippen LogP contribution in [0.3, 0.4) is 0 Å². The van der Waals surface area contributed by atoms with Gasteiger partial charge in [0.15, 0.2) is 0 Å². The Kier molecular flexibility index (Phi) is 9.22. The van der Waals surface area contributed by atoms with Gasteiger partial charge in [0.05, 0.1) is 6.10 Å². The first kappa shape index (κ1) is 33.1. The lowest BCUT2D eigenvalue weighted by molar-refractivity contribution is -0.334. The fraction of sp³-hybridized carbons (Fsp3) is 0.639. The van der Waals surface area contributed by atoms with Gasteiger partial charge in [-0.05, 0) is 62.0 Å². The molecule has 0 saturated heterocycles. The van der Waals surface area contributed by atoms with Crippen molar-refractivity contribution in [2.45, 2.75) is 98.6 Å². The Balaban J connectivity index is 1.97. The number of hydrogen-bond acceptors (Lipinski definition) is 7. The monoisotopic (exact) mass is 594 g/mol. The van der Waals surface area contributed by atoms with E-state index in [1.165, 1.54) is 13.0 Å². The molecule has 0 bridgehead atoms. The molecule has 0 aliphatic heterocycles. The first-order valence-electron chi connectivity index (χ1n) is 15.5. The normalized spacial score (nSPS) is 38.4. The van der Waals surface area contributed by atoms with E-state index in [0.717, 1.165) is 17.6 Å². The summed E-state index contributed by atoms with van der Waals surface area (Å²) in [5.41, 5.74) is -1.18. The summed E-state index contributed by atoms with van der Waals surface area (Å²) in [6, 6.07) is 9.52. The molecule has 2 unspecified atom stereocenters. The first-order valence-corrected chi connectivity index (χ1v) is 15.5. The molecule has 0 spiro atoms. The van der Waals surface area contributed by atoms with Gasteiger partial charge < -0.3 is 18.9 Å². The Labute approximate surface area is 257 Å². The van der Waals surface area contributed by atoms with Gasteiger partial charge in [-0.2, -0.15) is 0 Å². The third-order valence-electron chi connectivity index (χ3n) is 11.8. The van der Waals surface area contributed by atoms with Crippen molar-refractivity contribution in [3.8, 4) is 0 Å². The van der Waals surface area contributed by atoms with Crippen LogP contribution in [-0.4, -0.2) is 56.4 Å².